The Balaban J connectivity index is 4.00. The smallest absolute Gasteiger partial charge is 0.306 e. The maximum absolute atomic E-state index is 12.9. The van der Waals surface area contributed by atoms with Gasteiger partial charge in [0.15, 0.2) is 6.10 Å². The molecule has 6 nitrogen and oxygen atoms in total. The van der Waals surface area contributed by atoms with E-state index in [-0.39, 0.29) is 31.1 Å². The van der Waals surface area contributed by atoms with Crippen molar-refractivity contribution in [2.45, 2.75) is 457 Å². The van der Waals surface area contributed by atoms with Crippen LogP contribution in [0.2, 0.25) is 0 Å². The molecule has 0 heterocycles. The maximum Gasteiger partial charge on any atom is 0.306 e. The first kappa shape index (κ1) is 80.4. The Bertz CT molecular complexity index is 1240. The van der Waals surface area contributed by atoms with Gasteiger partial charge in [0, 0.05) is 19.3 Å². The van der Waals surface area contributed by atoms with Crippen molar-refractivity contribution in [3.8, 4) is 0 Å². The molecule has 82 heavy (non-hydrogen) atoms. The zero-order valence-corrected chi connectivity index (χ0v) is 56.3. The molecule has 6 heteroatoms. The molecule has 0 saturated heterocycles. The first-order chi connectivity index (χ1) is 40.5. The fourth-order valence-corrected chi connectivity index (χ4v) is 12.2. The van der Waals surface area contributed by atoms with Gasteiger partial charge in [-0.1, -0.05) is 412 Å². The van der Waals surface area contributed by atoms with Crippen molar-refractivity contribution in [3.05, 3.63) is 0 Å². The van der Waals surface area contributed by atoms with Crippen molar-refractivity contribution in [2.24, 2.45) is 0 Å². The van der Waals surface area contributed by atoms with E-state index in [2.05, 4.69) is 20.8 Å². The lowest BCUT2D eigenvalue weighted by Gasteiger charge is -2.18. The van der Waals surface area contributed by atoms with Crippen LogP contribution in [0.5, 0.6) is 0 Å². The van der Waals surface area contributed by atoms with Crippen LogP contribution in [0.15, 0.2) is 0 Å². The molecule has 0 bridgehead atoms. The first-order valence-electron chi connectivity index (χ1n) is 38.0. The summed E-state index contributed by atoms with van der Waals surface area (Å²) >= 11 is 0. The number of unbranched alkanes of at least 4 members (excludes halogenated alkanes) is 61. The normalized spacial score (nSPS) is 11.9. The third-order valence-electron chi connectivity index (χ3n) is 17.9. The number of carbonyl (C=O) groups excluding carboxylic acids is 3. The molecule has 1 atom stereocenters. The van der Waals surface area contributed by atoms with E-state index < -0.39 is 6.10 Å². The van der Waals surface area contributed by atoms with Crippen LogP contribution in [-0.2, 0) is 28.6 Å². The maximum atomic E-state index is 12.9. The van der Waals surface area contributed by atoms with E-state index in [0.29, 0.717) is 19.3 Å². The molecular formula is C76H148O6. The Labute approximate surface area is 514 Å². The lowest BCUT2D eigenvalue weighted by molar-refractivity contribution is -0.167. The molecule has 0 aliphatic rings. The second kappa shape index (κ2) is 71.9. The fourth-order valence-electron chi connectivity index (χ4n) is 12.2. The summed E-state index contributed by atoms with van der Waals surface area (Å²) in [6, 6.07) is 0. The predicted molar refractivity (Wildman–Crippen MR) is 358 cm³/mol. The van der Waals surface area contributed by atoms with Gasteiger partial charge in [-0.2, -0.15) is 0 Å². The highest BCUT2D eigenvalue weighted by molar-refractivity contribution is 5.71. The van der Waals surface area contributed by atoms with Gasteiger partial charge in [0.25, 0.3) is 0 Å². The van der Waals surface area contributed by atoms with Crippen LogP contribution in [0.4, 0.5) is 0 Å². The summed E-state index contributed by atoms with van der Waals surface area (Å²) in [6.45, 7) is 6.72. The predicted octanol–water partition coefficient (Wildman–Crippen LogP) is 26.2. The SMILES string of the molecule is CCCCCCCCCCCCCCCCCCCCCCCCCCCCCCCCCCC(=O)OCC(COC(=O)CCCCCCCCCCC)OC(=O)CCCCCCCCCCCCCCCCCCCCCCCCC. The van der Waals surface area contributed by atoms with E-state index in [0.717, 1.165) is 57.8 Å². The van der Waals surface area contributed by atoms with Gasteiger partial charge in [-0.25, -0.2) is 0 Å². The molecule has 0 fully saturated rings. The second-order valence-corrected chi connectivity index (χ2v) is 26.3. The molecule has 0 rings (SSSR count). The van der Waals surface area contributed by atoms with Crippen molar-refractivity contribution < 1.29 is 28.6 Å². The molecule has 0 spiro atoms. The van der Waals surface area contributed by atoms with Gasteiger partial charge in [-0.05, 0) is 19.3 Å². The Morgan fingerprint density at radius 2 is 0.329 bits per heavy atom. The lowest BCUT2D eigenvalue weighted by Crippen LogP contribution is -2.30. The first-order valence-corrected chi connectivity index (χ1v) is 38.0. The molecule has 0 saturated carbocycles. The van der Waals surface area contributed by atoms with Crippen LogP contribution in [0, 0.1) is 0 Å². The standard InChI is InChI=1S/C76H148O6/c1-4-7-10-13-16-19-21-23-25-27-29-31-33-34-35-36-37-38-39-40-41-43-44-46-48-50-52-54-57-60-63-66-69-75(78)81-72-73(71-80-74(77)68-65-62-59-56-18-15-12-9-6-3)82-76(79)70-67-64-61-58-55-53-51-49-47-45-42-32-30-28-26-24-22-20-17-14-11-8-5-2/h73H,4-72H2,1-3H3. The van der Waals surface area contributed by atoms with Crippen molar-refractivity contribution in [3.63, 3.8) is 0 Å². The third kappa shape index (κ3) is 69.2. The third-order valence-corrected chi connectivity index (χ3v) is 17.9. The Morgan fingerprint density at radius 1 is 0.195 bits per heavy atom. The summed E-state index contributed by atoms with van der Waals surface area (Å²) in [4.78, 5) is 38.3. The van der Waals surface area contributed by atoms with Crippen molar-refractivity contribution in [2.75, 3.05) is 13.2 Å². The lowest BCUT2D eigenvalue weighted by atomic mass is 10.0. The van der Waals surface area contributed by atoms with Gasteiger partial charge in [-0.3, -0.25) is 14.4 Å². The molecule has 0 aromatic rings. The minimum absolute atomic E-state index is 0.0606. The van der Waals surface area contributed by atoms with Crippen LogP contribution < -0.4 is 0 Å². The Hall–Kier alpha value is -1.59. The minimum atomic E-state index is -0.763. The number of rotatable bonds is 72. The highest BCUT2D eigenvalue weighted by Crippen LogP contribution is 2.20. The van der Waals surface area contributed by atoms with E-state index in [1.54, 1.807) is 0 Å². The van der Waals surface area contributed by atoms with E-state index >= 15 is 0 Å². The molecule has 1 unspecified atom stereocenters. The molecule has 0 aliphatic heterocycles. The highest BCUT2D eigenvalue weighted by atomic mass is 16.6. The van der Waals surface area contributed by atoms with E-state index in [1.807, 2.05) is 0 Å². The average molecular weight is 1160 g/mol. The van der Waals surface area contributed by atoms with Gasteiger partial charge in [0.1, 0.15) is 13.2 Å². The van der Waals surface area contributed by atoms with Gasteiger partial charge < -0.3 is 14.2 Å². The summed E-state index contributed by atoms with van der Waals surface area (Å²) in [5.41, 5.74) is 0. The van der Waals surface area contributed by atoms with Crippen LogP contribution in [0.3, 0.4) is 0 Å². The fraction of sp³-hybridized carbons (Fsp3) is 0.961. The molecule has 0 amide bonds. The molecule has 0 N–H and O–H groups in total. The number of ether oxygens (including phenoxy) is 3. The van der Waals surface area contributed by atoms with Crippen molar-refractivity contribution in [1.82, 2.24) is 0 Å². The minimum Gasteiger partial charge on any atom is -0.462 e. The quantitative estimate of drug-likeness (QED) is 0.0343. The number of esters is 3. The van der Waals surface area contributed by atoms with Crippen LogP contribution >= 0.6 is 0 Å². The monoisotopic (exact) mass is 1160 g/mol. The number of carbonyl (C=O) groups is 3. The zero-order chi connectivity index (χ0) is 59.2. The number of hydrogen-bond acceptors (Lipinski definition) is 6. The van der Waals surface area contributed by atoms with Gasteiger partial charge in [0.05, 0.1) is 0 Å². The summed E-state index contributed by atoms with van der Waals surface area (Å²) in [5, 5.41) is 0. The molecule has 488 valence electrons. The van der Waals surface area contributed by atoms with E-state index in [1.165, 1.54) is 353 Å². The van der Waals surface area contributed by atoms with Crippen molar-refractivity contribution >= 4 is 17.9 Å². The summed E-state index contributed by atoms with van der Waals surface area (Å²) in [7, 11) is 0. The summed E-state index contributed by atoms with van der Waals surface area (Å²) in [6.07, 6.45) is 86.1. The summed E-state index contributed by atoms with van der Waals surface area (Å²) < 4.78 is 17.0. The topological polar surface area (TPSA) is 78.9 Å². The van der Waals surface area contributed by atoms with Crippen molar-refractivity contribution in [1.29, 1.82) is 0 Å². The van der Waals surface area contributed by atoms with E-state index in [9.17, 15) is 14.4 Å². The van der Waals surface area contributed by atoms with Gasteiger partial charge >= 0.3 is 17.9 Å². The van der Waals surface area contributed by atoms with Crippen LogP contribution in [0.1, 0.15) is 451 Å². The highest BCUT2D eigenvalue weighted by Gasteiger charge is 2.20. The van der Waals surface area contributed by atoms with E-state index in [4.69, 9.17) is 14.2 Å². The van der Waals surface area contributed by atoms with Crippen LogP contribution in [0.25, 0.3) is 0 Å². The largest absolute Gasteiger partial charge is 0.462 e. The molecule has 0 radical (unpaired) electrons. The van der Waals surface area contributed by atoms with Crippen LogP contribution in [-0.4, -0.2) is 37.2 Å². The molecule has 0 aliphatic carbocycles. The molecule has 0 aromatic heterocycles. The molecule has 0 aromatic carbocycles. The average Bonchev–Trinajstić information content (AvgIpc) is 3.48. The Kier molecular flexibility index (Phi) is 70.5. The Morgan fingerprint density at radius 3 is 0.488 bits per heavy atom. The zero-order valence-electron chi connectivity index (χ0n) is 56.3. The van der Waals surface area contributed by atoms with Gasteiger partial charge in [0.2, 0.25) is 0 Å². The second-order valence-electron chi connectivity index (χ2n) is 26.3. The summed E-state index contributed by atoms with van der Waals surface area (Å²) in [5.74, 6) is -0.824. The molecular weight excluding hydrogens is 1010 g/mol. The van der Waals surface area contributed by atoms with Gasteiger partial charge in [-0.15, -0.1) is 0 Å². The number of hydrogen-bond donors (Lipinski definition) is 0.